The average molecular weight is 255 g/mol. The average Bonchev–Trinajstić information content (AvgIpc) is 2.30. The van der Waals surface area contributed by atoms with Crippen molar-refractivity contribution in [1.82, 2.24) is 0 Å². The van der Waals surface area contributed by atoms with Crippen molar-refractivity contribution in [2.45, 2.75) is 77.3 Å². The van der Waals surface area contributed by atoms with E-state index in [2.05, 4.69) is 16.9 Å². The minimum absolute atomic E-state index is 0.0131. The van der Waals surface area contributed by atoms with E-state index in [1.165, 1.54) is 25.7 Å². The van der Waals surface area contributed by atoms with Gasteiger partial charge in [-0.25, -0.2) is 0 Å². The molecule has 5 heteroatoms. The van der Waals surface area contributed by atoms with Crippen LogP contribution >= 0.6 is 0 Å². The lowest BCUT2D eigenvalue weighted by Crippen LogP contribution is -2.45. The van der Waals surface area contributed by atoms with Gasteiger partial charge in [0.15, 0.2) is 5.79 Å². The van der Waals surface area contributed by atoms with Crippen LogP contribution in [0.4, 0.5) is 0 Å². The summed E-state index contributed by atoms with van der Waals surface area (Å²) in [6.07, 6.45) is 7.11. The molecule has 1 aliphatic rings. The van der Waals surface area contributed by atoms with Crippen LogP contribution in [0, 0.1) is 0 Å². The first-order valence-electron chi connectivity index (χ1n) is 6.94. The molecule has 2 atom stereocenters. The minimum Gasteiger partial charge on any atom is -0.347 e. The monoisotopic (exact) mass is 255 g/mol. The predicted octanol–water partition coefficient (Wildman–Crippen LogP) is 4.18. The Kier molecular flexibility index (Phi) is 6.47. The van der Waals surface area contributed by atoms with Gasteiger partial charge in [0, 0.05) is 11.3 Å². The Labute approximate surface area is 109 Å². The van der Waals surface area contributed by atoms with Gasteiger partial charge in [0.25, 0.3) is 0 Å². The first kappa shape index (κ1) is 15.3. The fourth-order valence-electron chi connectivity index (χ4n) is 2.43. The number of hydrogen-bond donors (Lipinski definition) is 0. The summed E-state index contributed by atoms with van der Waals surface area (Å²) in [5, 5.41) is 3.61. The smallest absolute Gasteiger partial charge is 0.163 e. The molecule has 1 saturated heterocycles. The van der Waals surface area contributed by atoms with E-state index in [-0.39, 0.29) is 12.2 Å². The molecule has 0 amide bonds. The fraction of sp³-hybridized carbons (Fsp3) is 1.00. The molecule has 0 N–H and O–H groups in total. The van der Waals surface area contributed by atoms with Gasteiger partial charge in [-0.2, -0.15) is 0 Å². The summed E-state index contributed by atoms with van der Waals surface area (Å²) in [7, 11) is 0. The SMILES string of the molecule is CCCCCC[C@H]1C[C@@H](CN=[N+]=[N-])OC(C)(C)O1. The zero-order valence-electron chi connectivity index (χ0n) is 11.8. The fourth-order valence-corrected chi connectivity index (χ4v) is 2.43. The van der Waals surface area contributed by atoms with Gasteiger partial charge in [-0.05, 0) is 25.8 Å². The van der Waals surface area contributed by atoms with Crippen LogP contribution in [0.5, 0.6) is 0 Å². The first-order valence-corrected chi connectivity index (χ1v) is 6.94. The predicted molar refractivity (Wildman–Crippen MR) is 71.2 cm³/mol. The van der Waals surface area contributed by atoms with Crippen molar-refractivity contribution < 1.29 is 9.47 Å². The second kappa shape index (κ2) is 7.62. The van der Waals surface area contributed by atoms with Crippen molar-refractivity contribution in [2.75, 3.05) is 6.54 Å². The van der Waals surface area contributed by atoms with E-state index in [0.717, 1.165) is 12.8 Å². The summed E-state index contributed by atoms with van der Waals surface area (Å²) in [6.45, 7) is 6.46. The minimum atomic E-state index is -0.566. The maximum Gasteiger partial charge on any atom is 0.163 e. The van der Waals surface area contributed by atoms with Crippen LogP contribution in [0.15, 0.2) is 5.11 Å². The summed E-state index contributed by atoms with van der Waals surface area (Å²) in [5.74, 6) is -0.566. The molecule has 0 unspecified atom stereocenters. The first-order chi connectivity index (χ1) is 8.57. The molecule has 1 heterocycles. The lowest BCUT2D eigenvalue weighted by Gasteiger charge is -2.40. The Morgan fingerprint density at radius 1 is 1.22 bits per heavy atom. The van der Waals surface area contributed by atoms with Gasteiger partial charge in [0.2, 0.25) is 0 Å². The number of azide groups is 1. The summed E-state index contributed by atoms with van der Waals surface area (Å²) in [5.41, 5.74) is 8.36. The Morgan fingerprint density at radius 2 is 1.94 bits per heavy atom. The molecule has 18 heavy (non-hydrogen) atoms. The molecule has 104 valence electrons. The van der Waals surface area contributed by atoms with Crippen LogP contribution < -0.4 is 0 Å². The van der Waals surface area contributed by atoms with Crippen LogP contribution in [0.1, 0.15) is 59.3 Å². The maximum atomic E-state index is 8.36. The van der Waals surface area contributed by atoms with Gasteiger partial charge < -0.3 is 9.47 Å². The molecule has 1 rings (SSSR count). The molecular weight excluding hydrogens is 230 g/mol. The second-order valence-electron chi connectivity index (χ2n) is 5.38. The molecule has 0 spiro atoms. The van der Waals surface area contributed by atoms with Crippen molar-refractivity contribution in [3.8, 4) is 0 Å². The van der Waals surface area contributed by atoms with E-state index >= 15 is 0 Å². The molecular formula is C13H25N3O2. The summed E-state index contributed by atoms with van der Waals surface area (Å²) >= 11 is 0. The van der Waals surface area contributed by atoms with Crippen LogP contribution in [0.3, 0.4) is 0 Å². The number of hydrogen-bond acceptors (Lipinski definition) is 3. The summed E-state index contributed by atoms with van der Waals surface area (Å²) in [4.78, 5) is 2.79. The highest BCUT2D eigenvalue weighted by molar-refractivity contribution is 4.78. The van der Waals surface area contributed by atoms with Gasteiger partial charge in [-0.1, -0.05) is 37.7 Å². The third-order valence-electron chi connectivity index (χ3n) is 3.15. The third kappa shape index (κ3) is 5.71. The molecule has 0 bridgehead atoms. The van der Waals surface area contributed by atoms with Gasteiger partial charge in [-0.15, -0.1) is 0 Å². The van der Waals surface area contributed by atoms with Crippen LogP contribution in [-0.2, 0) is 9.47 Å². The molecule has 0 aliphatic carbocycles. The lowest BCUT2D eigenvalue weighted by atomic mass is 10.0. The largest absolute Gasteiger partial charge is 0.347 e. The Balaban J connectivity index is 2.39. The highest BCUT2D eigenvalue weighted by Gasteiger charge is 2.34. The van der Waals surface area contributed by atoms with Crippen molar-refractivity contribution in [3.05, 3.63) is 10.4 Å². The van der Waals surface area contributed by atoms with E-state index in [4.69, 9.17) is 15.0 Å². The van der Waals surface area contributed by atoms with E-state index in [1.807, 2.05) is 13.8 Å². The van der Waals surface area contributed by atoms with E-state index < -0.39 is 5.79 Å². The van der Waals surface area contributed by atoms with E-state index in [9.17, 15) is 0 Å². The summed E-state index contributed by atoms with van der Waals surface area (Å²) in [6, 6.07) is 0. The number of unbranched alkanes of at least 4 members (excludes halogenated alkanes) is 3. The van der Waals surface area contributed by atoms with Crippen LogP contribution in [0.2, 0.25) is 0 Å². The Morgan fingerprint density at radius 3 is 2.61 bits per heavy atom. The molecule has 0 aromatic rings. The quantitative estimate of drug-likeness (QED) is 0.296. The Hall–Kier alpha value is -0.770. The molecule has 5 nitrogen and oxygen atoms in total. The highest BCUT2D eigenvalue weighted by atomic mass is 16.7. The van der Waals surface area contributed by atoms with Crippen LogP contribution in [0.25, 0.3) is 10.4 Å². The van der Waals surface area contributed by atoms with E-state index in [0.29, 0.717) is 6.54 Å². The lowest BCUT2D eigenvalue weighted by molar-refractivity contribution is -0.298. The molecule has 0 radical (unpaired) electrons. The Bertz CT molecular complexity index is 288. The number of rotatable bonds is 7. The standard InChI is InChI=1S/C13H25N3O2/c1-4-5-6-7-8-11-9-12(10-15-16-14)18-13(2,3)17-11/h11-12H,4-10H2,1-3H3/t11-,12-/m0/s1. The highest BCUT2D eigenvalue weighted by Crippen LogP contribution is 2.29. The van der Waals surface area contributed by atoms with Gasteiger partial charge >= 0.3 is 0 Å². The molecule has 1 fully saturated rings. The van der Waals surface area contributed by atoms with Gasteiger partial charge in [0.05, 0.1) is 18.8 Å². The van der Waals surface area contributed by atoms with Crippen molar-refractivity contribution in [2.24, 2.45) is 5.11 Å². The third-order valence-corrected chi connectivity index (χ3v) is 3.15. The topological polar surface area (TPSA) is 67.2 Å². The molecule has 0 aromatic carbocycles. The normalized spacial score (nSPS) is 26.6. The van der Waals surface area contributed by atoms with Gasteiger partial charge in [0.1, 0.15) is 0 Å². The zero-order chi connectivity index (χ0) is 13.4. The zero-order valence-corrected chi connectivity index (χ0v) is 11.8. The molecule has 0 aromatic heterocycles. The summed E-state index contributed by atoms with van der Waals surface area (Å²) < 4.78 is 11.7. The van der Waals surface area contributed by atoms with Crippen molar-refractivity contribution >= 4 is 0 Å². The van der Waals surface area contributed by atoms with Gasteiger partial charge in [-0.3, -0.25) is 0 Å². The maximum absolute atomic E-state index is 8.36. The van der Waals surface area contributed by atoms with Crippen LogP contribution in [-0.4, -0.2) is 24.5 Å². The molecule has 0 saturated carbocycles. The number of nitrogens with zero attached hydrogens (tertiary/aromatic N) is 3. The number of ether oxygens (including phenoxy) is 2. The van der Waals surface area contributed by atoms with E-state index in [1.54, 1.807) is 0 Å². The van der Waals surface area contributed by atoms with Crippen molar-refractivity contribution in [3.63, 3.8) is 0 Å². The van der Waals surface area contributed by atoms with Crippen molar-refractivity contribution in [1.29, 1.82) is 0 Å². The molecule has 1 aliphatic heterocycles. The second-order valence-corrected chi connectivity index (χ2v) is 5.38.